The molecular weight excluding hydrogens is 420 g/mol. The van der Waals surface area contributed by atoms with Crippen molar-refractivity contribution in [1.29, 1.82) is 0 Å². The van der Waals surface area contributed by atoms with Crippen molar-refractivity contribution in [3.05, 3.63) is 95.6 Å². The topological polar surface area (TPSA) is 80.0 Å². The molecule has 3 aromatic carbocycles. The van der Waals surface area contributed by atoms with E-state index < -0.39 is 5.66 Å². The fourth-order valence-electron chi connectivity index (χ4n) is 3.82. The number of anilines is 1. The van der Waals surface area contributed by atoms with E-state index in [2.05, 4.69) is 5.32 Å². The lowest BCUT2D eigenvalue weighted by Gasteiger charge is -2.31. The zero-order valence-corrected chi connectivity index (χ0v) is 18.7. The second kappa shape index (κ2) is 8.80. The van der Waals surface area contributed by atoms with Gasteiger partial charge in [0.2, 0.25) is 5.66 Å². The average molecular weight is 445 g/mol. The third kappa shape index (κ3) is 4.20. The van der Waals surface area contributed by atoms with Gasteiger partial charge in [-0.25, -0.2) is 4.99 Å². The molecule has 0 aliphatic carbocycles. The molecule has 3 N–H and O–H groups in total. The van der Waals surface area contributed by atoms with Crippen molar-refractivity contribution >= 4 is 34.6 Å². The van der Waals surface area contributed by atoms with Crippen molar-refractivity contribution in [2.24, 2.45) is 10.7 Å². The highest BCUT2D eigenvalue weighted by atomic mass is 32.1. The highest BCUT2D eigenvalue weighted by Gasteiger charge is 2.41. The summed E-state index contributed by atoms with van der Waals surface area (Å²) < 4.78 is 5.26. The van der Waals surface area contributed by atoms with Crippen LogP contribution in [0, 0.1) is 0 Å². The number of thiocarbonyl (C=S) groups is 1. The summed E-state index contributed by atoms with van der Waals surface area (Å²) in [4.78, 5) is 20.5. The number of aliphatic imine (C=N–C) groups is 1. The lowest BCUT2D eigenvalue weighted by molar-refractivity contribution is -0.123. The fraction of sp³-hybridized carbons (Fsp3) is 0.160. The number of hydrogen-bond donors (Lipinski definition) is 2. The molecule has 1 unspecified atom stereocenters. The van der Waals surface area contributed by atoms with Crippen LogP contribution in [0.1, 0.15) is 23.6 Å². The standard InChI is InChI=1S/C25H24N4O2S/c1-25(28-24(26)32)23(30)29(16-17-12-14-19(31-2)15-13-17)21-11-7-6-10-20(21)22(27-25)18-8-4-3-5-9-18/h3-15H,16H2,1-2H3,(H3,26,28,32). The maximum atomic E-state index is 13.9. The first kappa shape index (κ1) is 21.5. The van der Waals surface area contributed by atoms with Gasteiger partial charge in [-0.15, -0.1) is 0 Å². The molecule has 7 heteroatoms. The van der Waals surface area contributed by atoms with Crippen LogP contribution < -0.4 is 20.7 Å². The van der Waals surface area contributed by atoms with Crippen LogP contribution in [0.3, 0.4) is 0 Å². The van der Waals surface area contributed by atoms with Gasteiger partial charge in [-0.1, -0.05) is 60.7 Å². The Kier molecular flexibility index (Phi) is 5.92. The number of nitrogens with two attached hydrogens (primary N) is 1. The number of hydrogen-bond acceptors (Lipinski definition) is 4. The molecule has 3 aromatic rings. The molecule has 32 heavy (non-hydrogen) atoms. The number of nitrogens with zero attached hydrogens (tertiary/aromatic N) is 2. The Morgan fingerprint density at radius 1 is 1.06 bits per heavy atom. The van der Waals surface area contributed by atoms with Gasteiger partial charge in [0, 0.05) is 11.1 Å². The van der Waals surface area contributed by atoms with Gasteiger partial charge in [0.15, 0.2) is 5.11 Å². The number of benzodiazepines with no additional fused rings is 1. The third-order valence-corrected chi connectivity index (χ3v) is 5.46. The Morgan fingerprint density at radius 2 is 1.72 bits per heavy atom. The summed E-state index contributed by atoms with van der Waals surface area (Å²) in [6, 6.07) is 25.2. The van der Waals surface area contributed by atoms with Crippen LogP contribution in [0.4, 0.5) is 5.69 Å². The molecule has 0 aromatic heterocycles. The molecule has 1 atom stereocenters. The minimum atomic E-state index is -1.37. The lowest BCUT2D eigenvalue weighted by Crippen LogP contribution is -2.57. The number of nitrogens with one attached hydrogen (secondary N) is 1. The van der Waals surface area contributed by atoms with Crippen molar-refractivity contribution in [3.63, 3.8) is 0 Å². The average Bonchev–Trinajstić information content (AvgIpc) is 2.89. The van der Waals surface area contributed by atoms with E-state index in [-0.39, 0.29) is 11.0 Å². The molecule has 1 aliphatic heterocycles. The lowest BCUT2D eigenvalue weighted by atomic mass is 10.00. The van der Waals surface area contributed by atoms with Gasteiger partial charge < -0.3 is 20.7 Å². The number of para-hydroxylation sites is 1. The molecule has 0 saturated heterocycles. The second-order valence-corrected chi connectivity index (χ2v) is 8.08. The highest BCUT2D eigenvalue weighted by Crippen LogP contribution is 2.32. The molecule has 1 amide bonds. The number of methoxy groups -OCH3 is 1. The van der Waals surface area contributed by atoms with E-state index in [1.54, 1.807) is 18.9 Å². The van der Waals surface area contributed by atoms with Crippen molar-refractivity contribution in [1.82, 2.24) is 5.32 Å². The number of ether oxygens (including phenoxy) is 1. The second-order valence-electron chi connectivity index (χ2n) is 7.64. The van der Waals surface area contributed by atoms with E-state index >= 15 is 0 Å². The maximum absolute atomic E-state index is 13.9. The van der Waals surface area contributed by atoms with Crippen LogP contribution >= 0.6 is 12.2 Å². The van der Waals surface area contributed by atoms with Gasteiger partial charge in [0.25, 0.3) is 5.91 Å². The minimum Gasteiger partial charge on any atom is -0.497 e. The third-order valence-electron chi connectivity index (χ3n) is 5.36. The van der Waals surface area contributed by atoms with Crippen molar-refractivity contribution < 1.29 is 9.53 Å². The summed E-state index contributed by atoms with van der Waals surface area (Å²) >= 11 is 5.10. The molecule has 1 aliphatic rings. The number of carbonyl (C=O) groups is 1. The van der Waals surface area contributed by atoms with Gasteiger partial charge in [-0.05, 0) is 42.9 Å². The molecule has 0 bridgehead atoms. The van der Waals surface area contributed by atoms with E-state index in [9.17, 15) is 4.79 Å². The van der Waals surface area contributed by atoms with Crippen molar-refractivity contribution in [2.75, 3.05) is 12.0 Å². The normalized spacial score (nSPS) is 17.8. The van der Waals surface area contributed by atoms with Gasteiger partial charge in [0.05, 0.1) is 25.1 Å². The van der Waals surface area contributed by atoms with E-state index in [4.69, 9.17) is 27.7 Å². The Hall–Kier alpha value is -3.71. The number of carbonyl (C=O) groups excluding carboxylic acids is 1. The van der Waals surface area contributed by atoms with E-state index in [1.165, 1.54) is 0 Å². The molecule has 6 nitrogen and oxygen atoms in total. The van der Waals surface area contributed by atoms with Crippen LogP contribution in [0.5, 0.6) is 5.75 Å². The Morgan fingerprint density at radius 3 is 2.38 bits per heavy atom. The van der Waals surface area contributed by atoms with Gasteiger partial charge in [-0.2, -0.15) is 0 Å². The molecule has 4 rings (SSSR count). The van der Waals surface area contributed by atoms with Gasteiger partial charge in [0.1, 0.15) is 5.75 Å². The molecule has 0 saturated carbocycles. The van der Waals surface area contributed by atoms with Gasteiger partial charge >= 0.3 is 0 Å². The molecule has 1 heterocycles. The van der Waals surface area contributed by atoms with Crippen molar-refractivity contribution in [3.8, 4) is 5.75 Å². The maximum Gasteiger partial charge on any atom is 0.275 e. The fourth-order valence-corrected chi connectivity index (χ4v) is 4.02. The Bertz CT molecular complexity index is 1180. The molecule has 0 fully saturated rings. The number of benzene rings is 3. The highest BCUT2D eigenvalue weighted by molar-refractivity contribution is 7.80. The number of fused-ring (bicyclic) bond motifs is 1. The smallest absolute Gasteiger partial charge is 0.275 e. The van der Waals surface area contributed by atoms with Crippen LogP contribution in [-0.4, -0.2) is 29.5 Å². The van der Waals surface area contributed by atoms with Crippen molar-refractivity contribution in [2.45, 2.75) is 19.1 Å². The first-order valence-electron chi connectivity index (χ1n) is 10.2. The number of amides is 1. The van der Waals surface area contributed by atoms with Crippen LogP contribution in [0.25, 0.3) is 0 Å². The summed E-state index contributed by atoms with van der Waals surface area (Å²) in [5.41, 5.74) is 8.60. The van der Waals surface area contributed by atoms with E-state index in [0.717, 1.165) is 28.1 Å². The number of rotatable bonds is 5. The van der Waals surface area contributed by atoms with E-state index in [1.807, 2.05) is 78.9 Å². The first-order valence-corrected chi connectivity index (χ1v) is 10.6. The quantitative estimate of drug-likeness (QED) is 0.588. The van der Waals surface area contributed by atoms with Crippen LogP contribution in [0.15, 0.2) is 83.9 Å². The molecule has 162 valence electrons. The summed E-state index contributed by atoms with van der Waals surface area (Å²) in [5, 5.41) is 2.93. The Balaban J connectivity index is 1.88. The predicted molar refractivity (Wildman–Crippen MR) is 131 cm³/mol. The predicted octanol–water partition coefficient (Wildman–Crippen LogP) is 3.63. The summed E-state index contributed by atoms with van der Waals surface area (Å²) in [5.74, 6) is 0.505. The monoisotopic (exact) mass is 444 g/mol. The first-order chi connectivity index (χ1) is 15.4. The molecular formula is C25H24N4O2S. The minimum absolute atomic E-state index is 0.00682. The van der Waals surface area contributed by atoms with Crippen LogP contribution in [-0.2, 0) is 11.3 Å². The Labute approximate surface area is 192 Å². The summed E-state index contributed by atoms with van der Waals surface area (Å²) in [6.07, 6.45) is 0. The zero-order valence-electron chi connectivity index (χ0n) is 17.9. The van der Waals surface area contributed by atoms with Gasteiger partial charge in [-0.3, -0.25) is 4.79 Å². The van der Waals surface area contributed by atoms with Crippen LogP contribution in [0.2, 0.25) is 0 Å². The molecule has 0 radical (unpaired) electrons. The summed E-state index contributed by atoms with van der Waals surface area (Å²) in [6.45, 7) is 2.05. The van der Waals surface area contributed by atoms with E-state index in [0.29, 0.717) is 12.3 Å². The largest absolute Gasteiger partial charge is 0.497 e. The zero-order chi connectivity index (χ0) is 22.7. The summed E-state index contributed by atoms with van der Waals surface area (Å²) in [7, 11) is 1.62. The SMILES string of the molecule is COc1ccc(CN2C(=O)C(C)(NC(N)=S)N=C(c3ccccc3)c3ccccc32)cc1. The molecule has 0 spiro atoms.